The van der Waals surface area contributed by atoms with Gasteiger partial charge in [0.2, 0.25) is 0 Å². The summed E-state index contributed by atoms with van der Waals surface area (Å²) in [6.07, 6.45) is 0. The average molecular weight is 1340 g/mol. The molecule has 0 radical (unpaired) electrons. The Hall–Kier alpha value is -12.5. The fourth-order valence-corrected chi connectivity index (χ4v) is 17.6. The van der Waals surface area contributed by atoms with Crippen molar-refractivity contribution in [3.63, 3.8) is 0 Å². The Balaban J connectivity index is 0.848. The minimum Gasteiger partial charge on any atom is -0.458 e. The van der Waals surface area contributed by atoms with Crippen molar-refractivity contribution in [3.05, 3.63) is 322 Å². The molecule has 6 aliphatic rings. The molecule has 20 rings (SSSR count). The van der Waals surface area contributed by atoms with E-state index in [1.807, 2.05) is 0 Å². The van der Waals surface area contributed by atoms with Crippen LogP contribution in [0.3, 0.4) is 0 Å². The number of hydrogen-bond acceptors (Lipinski definition) is 9. The number of ether oxygens (including phenoxy) is 3. The Bertz CT molecular complexity index is 5610. The molecule has 496 valence electrons. The van der Waals surface area contributed by atoms with Gasteiger partial charge >= 0.3 is 0 Å². The lowest BCUT2D eigenvalue weighted by atomic mass is 9.29. The summed E-state index contributed by atoms with van der Waals surface area (Å²) >= 11 is 0. The van der Waals surface area contributed by atoms with Gasteiger partial charge in [-0.05, 0) is 201 Å². The van der Waals surface area contributed by atoms with E-state index in [-0.39, 0.29) is 20.1 Å². The number of fused-ring (bicyclic) bond motifs is 12. The highest BCUT2D eigenvalue weighted by atomic mass is 16.5. The van der Waals surface area contributed by atoms with Crippen LogP contribution in [0.2, 0.25) is 0 Å². The predicted molar refractivity (Wildman–Crippen MR) is 435 cm³/mol. The molecule has 0 unspecified atom stereocenters. The van der Waals surface area contributed by atoms with E-state index in [0.29, 0.717) is 0 Å². The van der Waals surface area contributed by atoms with E-state index >= 15 is 0 Å². The molecule has 0 aromatic heterocycles. The first kappa shape index (κ1) is 61.4. The lowest BCUT2D eigenvalue weighted by molar-refractivity contribution is 0.464. The molecule has 6 heterocycles. The van der Waals surface area contributed by atoms with Gasteiger partial charge in [0.25, 0.3) is 20.1 Å². The van der Waals surface area contributed by atoms with Gasteiger partial charge in [0, 0.05) is 121 Å². The molecule has 0 saturated heterocycles. The summed E-state index contributed by atoms with van der Waals surface area (Å²) in [6.45, 7) is 13.3. The lowest BCUT2D eigenvalue weighted by Crippen LogP contribution is -2.66. The van der Waals surface area contributed by atoms with E-state index in [1.165, 1.54) is 21.9 Å². The topological polar surface area (TPSA) is 47.1 Å². The summed E-state index contributed by atoms with van der Waals surface area (Å²) in [5, 5.41) is 0. The Labute approximate surface area is 608 Å². The average Bonchev–Trinajstić information content (AvgIpc) is 0.695. The first-order valence-corrected chi connectivity index (χ1v) is 36.2. The van der Waals surface area contributed by atoms with E-state index in [9.17, 15) is 0 Å². The third-order valence-corrected chi connectivity index (χ3v) is 21.5. The number of anilines is 16. The normalized spacial score (nSPS) is 13.6. The van der Waals surface area contributed by atoms with Gasteiger partial charge in [-0.3, -0.25) is 0 Å². The first-order valence-electron chi connectivity index (χ1n) is 36.2. The van der Waals surface area contributed by atoms with Crippen LogP contribution in [0.5, 0.6) is 34.5 Å². The second-order valence-electron chi connectivity index (χ2n) is 29.9. The van der Waals surface area contributed by atoms with Crippen molar-refractivity contribution in [3.8, 4) is 34.5 Å². The fraction of sp³-hybridized carbons (Fsp3) is 0.0870. The Morgan fingerprint density at radius 2 is 0.558 bits per heavy atom. The maximum absolute atomic E-state index is 7.80. The molecular formula is C92H71B3N6O3. The summed E-state index contributed by atoms with van der Waals surface area (Å²) in [5.41, 5.74) is 26.4. The van der Waals surface area contributed by atoms with Gasteiger partial charge < -0.3 is 43.6 Å². The molecule has 6 aliphatic heterocycles. The molecule has 104 heavy (non-hydrogen) atoms. The van der Waals surface area contributed by atoms with Crippen LogP contribution in [0.4, 0.5) is 91.0 Å². The highest BCUT2D eigenvalue weighted by Gasteiger charge is 2.51. The summed E-state index contributed by atoms with van der Waals surface area (Å²) in [6, 6.07) is 117. The van der Waals surface area contributed by atoms with Crippen molar-refractivity contribution < 1.29 is 14.2 Å². The lowest BCUT2D eigenvalue weighted by Gasteiger charge is -2.49. The van der Waals surface area contributed by atoms with Crippen LogP contribution in [-0.4, -0.2) is 31.2 Å². The Kier molecular flexibility index (Phi) is 13.9. The number of nitrogens with zero attached hydrogens (tertiary/aromatic N) is 6. The highest BCUT2D eigenvalue weighted by molar-refractivity contribution is 7.03. The number of para-hydroxylation sites is 9. The zero-order valence-electron chi connectivity index (χ0n) is 58.7. The second kappa shape index (κ2) is 23.5. The molecule has 0 fully saturated rings. The van der Waals surface area contributed by atoms with Crippen LogP contribution in [0.15, 0.2) is 322 Å². The first-order chi connectivity index (χ1) is 50.9. The zero-order chi connectivity index (χ0) is 69.7. The quantitative estimate of drug-likeness (QED) is 0.125. The highest BCUT2D eigenvalue weighted by Crippen LogP contribution is 2.52. The standard InChI is InChI=1S/C92H71B3N6O3/c1-91(2,3)100-77-58-83-74(56-72(77)93-70-46-28-30-48-76(70)99(66-44-26-13-27-45-66)79-50-67(51-80(100)88(79)93)96(60-32-14-7-15-33-60)61-34-16-8-17-35-61)95-75-57-73-78(59-84(75)104-87-55-69(54-86(103-83)90(87)95)98(64-40-22-11-23-41-64)65-42-24-12-25-43-65)101(92(4,5)6)81-52-68(53-85-89(81)94(73)71-47-29-31-49-82(71)102-85)97(62-36-18-9-19-37-62)63-38-20-10-21-39-63/h7-59H,1-6H3. The van der Waals surface area contributed by atoms with E-state index < -0.39 is 11.1 Å². The van der Waals surface area contributed by atoms with Crippen molar-refractivity contribution in [2.24, 2.45) is 0 Å². The van der Waals surface area contributed by atoms with Crippen molar-refractivity contribution in [2.75, 3.05) is 29.4 Å². The third kappa shape index (κ3) is 9.65. The van der Waals surface area contributed by atoms with Crippen LogP contribution < -0.4 is 92.8 Å². The molecular weight excluding hydrogens is 1270 g/mol. The van der Waals surface area contributed by atoms with Gasteiger partial charge in [0.05, 0.1) is 17.1 Å². The van der Waals surface area contributed by atoms with Gasteiger partial charge in [0.1, 0.15) is 34.5 Å². The van der Waals surface area contributed by atoms with Crippen molar-refractivity contribution in [1.29, 1.82) is 0 Å². The van der Waals surface area contributed by atoms with E-state index in [0.717, 1.165) is 153 Å². The van der Waals surface area contributed by atoms with E-state index in [1.54, 1.807) is 0 Å². The van der Waals surface area contributed by atoms with E-state index in [2.05, 4.69) is 392 Å². The predicted octanol–water partition coefficient (Wildman–Crippen LogP) is 18.2. The van der Waals surface area contributed by atoms with Crippen LogP contribution in [0, 0.1) is 0 Å². The third-order valence-electron chi connectivity index (χ3n) is 21.5. The minimum absolute atomic E-state index is 0.194. The maximum Gasteiger partial charge on any atom is 0.260 e. The summed E-state index contributed by atoms with van der Waals surface area (Å²) in [5.74, 6) is 4.76. The molecule has 0 atom stereocenters. The van der Waals surface area contributed by atoms with Gasteiger partial charge in [0.15, 0.2) is 0 Å². The summed E-state index contributed by atoms with van der Waals surface area (Å²) < 4.78 is 22.8. The van der Waals surface area contributed by atoms with Gasteiger partial charge in [-0.15, -0.1) is 0 Å². The summed E-state index contributed by atoms with van der Waals surface area (Å²) in [7, 11) is 0. The summed E-state index contributed by atoms with van der Waals surface area (Å²) in [4.78, 5) is 14.7. The molecule has 0 N–H and O–H groups in total. The Morgan fingerprint density at radius 3 is 1.00 bits per heavy atom. The smallest absolute Gasteiger partial charge is 0.260 e. The van der Waals surface area contributed by atoms with Crippen LogP contribution in [0.1, 0.15) is 41.5 Å². The molecule has 0 aliphatic carbocycles. The van der Waals surface area contributed by atoms with Crippen LogP contribution in [0.25, 0.3) is 0 Å². The largest absolute Gasteiger partial charge is 0.458 e. The van der Waals surface area contributed by atoms with Crippen molar-refractivity contribution >= 4 is 160 Å². The van der Waals surface area contributed by atoms with E-state index in [4.69, 9.17) is 14.2 Å². The maximum atomic E-state index is 7.80. The molecule has 9 nitrogen and oxygen atoms in total. The van der Waals surface area contributed by atoms with Crippen molar-refractivity contribution in [2.45, 2.75) is 52.6 Å². The fourth-order valence-electron chi connectivity index (χ4n) is 17.6. The van der Waals surface area contributed by atoms with Crippen molar-refractivity contribution in [1.82, 2.24) is 0 Å². The molecule has 14 aromatic rings. The SMILES string of the molecule is CC(C)(C)N1c2cc3c(cc2B2c4ccccc4Oc4cc(N(c5ccccc5)c5ccccc5)cc1c42)B1c2cc4c(cc2Oc2cc(N(c5ccccc5)c5ccccc5)cc(c21)O3)N(C(C)(C)C)c1cc(N(c2ccccc2)c2ccccc2)cc2c1B4c1ccccc1N2c1ccccc1. The molecule has 12 heteroatoms. The molecule has 14 aromatic carbocycles. The van der Waals surface area contributed by atoms with Gasteiger partial charge in [-0.2, -0.15) is 0 Å². The van der Waals surface area contributed by atoms with Gasteiger partial charge in [-0.1, -0.05) is 176 Å². The number of rotatable bonds is 10. The molecule has 0 bridgehead atoms. The van der Waals surface area contributed by atoms with Crippen LogP contribution >= 0.6 is 0 Å². The molecule has 0 amide bonds. The second-order valence-corrected chi connectivity index (χ2v) is 29.9. The number of hydrogen-bond donors (Lipinski definition) is 0. The monoisotopic (exact) mass is 1340 g/mol. The molecule has 0 saturated carbocycles. The molecule has 0 spiro atoms. The van der Waals surface area contributed by atoms with Crippen LogP contribution in [-0.2, 0) is 0 Å². The zero-order valence-corrected chi connectivity index (χ0v) is 58.7. The van der Waals surface area contributed by atoms with Gasteiger partial charge in [-0.25, -0.2) is 0 Å². The number of benzene rings is 14. The Morgan fingerprint density at radius 1 is 0.231 bits per heavy atom. The minimum atomic E-state index is -0.460.